The number of amides is 1. The van der Waals surface area contributed by atoms with Crippen LogP contribution in [-0.2, 0) is 11.3 Å². The number of aromatic nitrogens is 1. The van der Waals surface area contributed by atoms with Crippen molar-refractivity contribution in [3.8, 4) is 6.07 Å². The second-order valence-corrected chi connectivity index (χ2v) is 3.66. The topological polar surface area (TPSA) is 74.9 Å². The summed E-state index contributed by atoms with van der Waals surface area (Å²) in [4.78, 5) is 22.5. The third kappa shape index (κ3) is 3.56. The largest absolute Gasteiger partial charge is 0.341 e. The highest BCUT2D eigenvalue weighted by atomic mass is 79.9. The molecule has 0 atom stereocenters. The molecule has 0 radical (unpaired) electrons. The minimum atomic E-state index is -0.364. The third-order valence-corrected chi connectivity index (χ3v) is 2.10. The van der Waals surface area contributed by atoms with E-state index in [1.54, 1.807) is 12.1 Å². The summed E-state index contributed by atoms with van der Waals surface area (Å²) < 4.78 is 1.98. The van der Waals surface area contributed by atoms with E-state index in [1.807, 2.05) is 0 Å². The summed E-state index contributed by atoms with van der Waals surface area (Å²) in [7, 11) is 0. The molecule has 0 aliphatic carbocycles. The first-order chi connectivity index (χ1) is 7.13. The van der Waals surface area contributed by atoms with Crippen molar-refractivity contribution in [1.29, 1.82) is 5.26 Å². The monoisotopic (exact) mass is 269 g/mol. The van der Waals surface area contributed by atoms with Crippen LogP contribution in [0.2, 0.25) is 0 Å². The number of nitrogens with one attached hydrogen (secondary N) is 1. The molecule has 0 unspecified atom stereocenters. The fourth-order valence-corrected chi connectivity index (χ4v) is 1.35. The van der Waals surface area contributed by atoms with Crippen molar-refractivity contribution in [3.63, 3.8) is 0 Å². The number of nitriles is 1. The molecule has 0 spiro atoms. The third-order valence-electron chi connectivity index (χ3n) is 1.63. The van der Waals surface area contributed by atoms with Gasteiger partial charge in [-0.3, -0.25) is 9.59 Å². The summed E-state index contributed by atoms with van der Waals surface area (Å²) in [5.74, 6) is -0.364. The average Bonchev–Trinajstić information content (AvgIpc) is 2.20. The predicted octanol–water partition coefficient (Wildman–Crippen LogP) is 0.251. The maximum atomic E-state index is 11.3. The fourth-order valence-electron chi connectivity index (χ4n) is 0.974. The van der Waals surface area contributed by atoms with Crippen molar-refractivity contribution in [2.24, 2.45) is 0 Å². The Morgan fingerprint density at radius 3 is 3.00 bits per heavy atom. The highest BCUT2D eigenvalue weighted by Crippen LogP contribution is 2.04. The van der Waals surface area contributed by atoms with Gasteiger partial charge in [-0.25, -0.2) is 0 Å². The summed E-state index contributed by atoms with van der Waals surface area (Å²) in [6, 6.07) is 4.75. The van der Waals surface area contributed by atoms with Crippen molar-refractivity contribution in [1.82, 2.24) is 9.88 Å². The van der Waals surface area contributed by atoms with Gasteiger partial charge < -0.3 is 9.88 Å². The number of carbonyl (C=O) groups is 1. The SMILES string of the molecule is N#CCNC(=O)Cn1cc(Br)ccc1=O. The smallest absolute Gasteiger partial charge is 0.251 e. The Labute approximate surface area is 94.5 Å². The zero-order chi connectivity index (χ0) is 11.3. The van der Waals surface area contributed by atoms with Crippen molar-refractivity contribution in [2.75, 3.05) is 6.54 Å². The zero-order valence-corrected chi connectivity index (χ0v) is 9.32. The summed E-state index contributed by atoms with van der Waals surface area (Å²) >= 11 is 3.20. The van der Waals surface area contributed by atoms with Gasteiger partial charge in [-0.15, -0.1) is 0 Å². The summed E-state index contributed by atoms with van der Waals surface area (Å²) in [6.07, 6.45) is 1.52. The van der Waals surface area contributed by atoms with E-state index in [-0.39, 0.29) is 24.6 Å². The molecule has 0 bridgehead atoms. The van der Waals surface area contributed by atoms with Crippen LogP contribution in [0.1, 0.15) is 0 Å². The number of pyridine rings is 1. The van der Waals surface area contributed by atoms with Crippen molar-refractivity contribution < 1.29 is 4.79 Å². The molecule has 6 heteroatoms. The molecule has 5 nitrogen and oxygen atoms in total. The van der Waals surface area contributed by atoms with Gasteiger partial charge in [0.2, 0.25) is 5.91 Å². The van der Waals surface area contributed by atoms with Gasteiger partial charge in [0.25, 0.3) is 5.56 Å². The molecule has 1 rings (SSSR count). The molecule has 0 saturated carbocycles. The van der Waals surface area contributed by atoms with E-state index in [1.165, 1.54) is 16.8 Å². The zero-order valence-electron chi connectivity index (χ0n) is 7.74. The Morgan fingerprint density at radius 1 is 1.60 bits per heavy atom. The normalized spacial score (nSPS) is 9.33. The molecule has 0 aliphatic rings. The van der Waals surface area contributed by atoms with Gasteiger partial charge in [-0.05, 0) is 22.0 Å². The van der Waals surface area contributed by atoms with E-state index in [0.717, 1.165) is 4.47 Å². The molecule has 1 heterocycles. The molecule has 0 aliphatic heterocycles. The van der Waals surface area contributed by atoms with Gasteiger partial charge >= 0.3 is 0 Å². The molecule has 0 saturated heterocycles. The van der Waals surface area contributed by atoms with Gasteiger partial charge in [0.05, 0.1) is 6.07 Å². The first-order valence-electron chi connectivity index (χ1n) is 4.13. The van der Waals surface area contributed by atoms with Gasteiger partial charge in [-0.2, -0.15) is 5.26 Å². The Balaban J connectivity index is 2.73. The molecule has 1 aromatic heterocycles. The highest BCUT2D eigenvalue weighted by molar-refractivity contribution is 9.10. The fraction of sp³-hybridized carbons (Fsp3) is 0.222. The van der Waals surface area contributed by atoms with E-state index >= 15 is 0 Å². The van der Waals surface area contributed by atoms with Crippen LogP contribution in [0.5, 0.6) is 0 Å². The molecular formula is C9H8BrN3O2. The molecule has 0 aromatic carbocycles. The number of halogens is 1. The number of hydrogen-bond acceptors (Lipinski definition) is 3. The Bertz CT molecular complexity index is 461. The lowest BCUT2D eigenvalue weighted by Gasteiger charge is -2.04. The second-order valence-electron chi connectivity index (χ2n) is 2.75. The van der Waals surface area contributed by atoms with E-state index < -0.39 is 0 Å². The van der Waals surface area contributed by atoms with Gasteiger partial charge in [0, 0.05) is 16.7 Å². The van der Waals surface area contributed by atoms with Gasteiger partial charge in [0.1, 0.15) is 13.1 Å². The minimum Gasteiger partial charge on any atom is -0.341 e. The lowest BCUT2D eigenvalue weighted by molar-refractivity contribution is -0.121. The summed E-state index contributed by atoms with van der Waals surface area (Å²) in [6.45, 7) is -0.137. The van der Waals surface area contributed by atoms with Crippen molar-refractivity contribution in [3.05, 3.63) is 33.2 Å². The van der Waals surface area contributed by atoms with Crippen LogP contribution in [0.4, 0.5) is 0 Å². The minimum absolute atomic E-state index is 0.0540. The number of carbonyl (C=O) groups excluding carboxylic acids is 1. The van der Waals surface area contributed by atoms with Gasteiger partial charge in [-0.1, -0.05) is 0 Å². The lowest BCUT2D eigenvalue weighted by atomic mass is 10.4. The Kier molecular flexibility index (Phi) is 4.06. The van der Waals surface area contributed by atoms with Crippen LogP contribution in [0.25, 0.3) is 0 Å². The maximum Gasteiger partial charge on any atom is 0.251 e. The Morgan fingerprint density at radius 2 is 2.33 bits per heavy atom. The molecule has 78 valence electrons. The summed E-state index contributed by atoms with van der Waals surface area (Å²) in [5.41, 5.74) is -0.259. The molecule has 1 N–H and O–H groups in total. The van der Waals surface area contributed by atoms with Crippen molar-refractivity contribution in [2.45, 2.75) is 6.54 Å². The lowest BCUT2D eigenvalue weighted by Crippen LogP contribution is -2.31. The molecule has 1 amide bonds. The quantitative estimate of drug-likeness (QED) is 0.800. The average molecular weight is 270 g/mol. The van der Waals surface area contributed by atoms with Crippen LogP contribution < -0.4 is 10.9 Å². The van der Waals surface area contributed by atoms with E-state index in [0.29, 0.717) is 0 Å². The van der Waals surface area contributed by atoms with Crippen LogP contribution in [0.3, 0.4) is 0 Å². The number of rotatable bonds is 3. The van der Waals surface area contributed by atoms with Crippen LogP contribution in [0.15, 0.2) is 27.6 Å². The first kappa shape index (κ1) is 11.5. The highest BCUT2D eigenvalue weighted by Gasteiger charge is 2.03. The van der Waals surface area contributed by atoms with Crippen molar-refractivity contribution >= 4 is 21.8 Å². The molecule has 0 fully saturated rings. The second kappa shape index (κ2) is 5.32. The molecular weight excluding hydrogens is 262 g/mol. The Hall–Kier alpha value is -1.61. The standard InChI is InChI=1S/C9H8BrN3O2/c10-7-1-2-9(15)13(5-7)6-8(14)12-4-3-11/h1-2,5H,4,6H2,(H,12,14). The first-order valence-corrected chi connectivity index (χ1v) is 4.92. The number of nitrogens with zero attached hydrogens (tertiary/aromatic N) is 2. The van der Waals surface area contributed by atoms with Crippen LogP contribution >= 0.6 is 15.9 Å². The molecule has 1 aromatic rings. The van der Waals surface area contributed by atoms with E-state index in [2.05, 4.69) is 21.2 Å². The van der Waals surface area contributed by atoms with Gasteiger partial charge in [0.15, 0.2) is 0 Å². The van der Waals surface area contributed by atoms with Crippen LogP contribution in [0, 0.1) is 11.3 Å². The van der Waals surface area contributed by atoms with E-state index in [9.17, 15) is 9.59 Å². The van der Waals surface area contributed by atoms with E-state index in [4.69, 9.17) is 5.26 Å². The van der Waals surface area contributed by atoms with Crippen LogP contribution in [-0.4, -0.2) is 17.0 Å². The molecule has 15 heavy (non-hydrogen) atoms. The maximum absolute atomic E-state index is 11.3. The predicted molar refractivity (Wildman–Crippen MR) is 57.0 cm³/mol. The number of hydrogen-bond donors (Lipinski definition) is 1. The summed E-state index contributed by atoms with van der Waals surface area (Å²) in [5, 5.41) is 10.6.